The fraction of sp³-hybridized carbons (Fsp3) is 0.500. The first-order valence-corrected chi connectivity index (χ1v) is 19.1. The molecule has 1 aromatic carbocycles. The maximum absolute atomic E-state index is 14.1. The van der Waals surface area contributed by atoms with E-state index in [2.05, 4.69) is 46.9 Å². The van der Waals surface area contributed by atoms with E-state index >= 15 is 0 Å². The Morgan fingerprint density at radius 1 is 0.780 bits per heavy atom. The monoisotopic (exact) mass is 826 g/mol. The molecule has 2 heterocycles. The topological polar surface area (TPSA) is 340 Å². The van der Waals surface area contributed by atoms with Crippen LogP contribution in [0.3, 0.4) is 0 Å². The molecule has 322 valence electrons. The minimum Gasteiger partial charge on any atom is -0.481 e. The van der Waals surface area contributed by atoms with Crippen LogP contribution in [-0.2, 0) is 51.2 Å². The van der Waals surface area contributed by atoms with Gasteiger partial charge in [0.15, 0.2) is 0 Å². The molecular weight excluding hydrogens is 772 g/mol. The summed E-state index contributed by atoms with van der Waals surface area (Å²) in [6.07, 6.45) is 3.80. The molecule has 3 rings (SSSR count). The quantitative estimate of drug-likeness (QED) is 0.0474. The highest BCUT2D eigenvalue weighted by Gasteiger charge is 2.35. The van der Waals surface area contributed by atoms with Gasteiger partial charge in [-0.2, -0.15) is 0 Å². The van der Waals surface area contributed by atoms with E-state index in [1.807, 2.05) is 13.8 Å². The molecule has 0 spiro atoms. The molecule has 0 radical (unpaired) electrons. The van der Waals surface area contributed by atoms with E-state index in [1.54, 1.807) is 44.3 Å². The Kier molecular flexibility index (Phi) is 18.0. The maximum atomic E-state index is 14.1. The molecule has 6 amide bonds. The number of hydrogen-bond donors (Lipinski definition) is 12. The van der Waals surface area contributed by atoms with E-state index in [0.29, 0.717) is 35.0 Å². The number of carboxylic acid groups (broad SMARTS) is 2. The number of nitrogens with two attached hydrogens (primary N) is 1. The number of carboxylic acids is 2. The summed E-state index contributed by atoms with van der Waals surface area (Å²) in [5, 5.41) is 44.2. The zero-order valence-corrected chi connectivity index (χ0v) is 33.2. The van der Waals surface area contributed by atoms with Crippen molar-refractivity contribution in [3.63, 3.8) is 0 Å². The number of aliphatic carboxylic acids is 2. The molecule has 0 aliphatic rings. The van der Waals surface area contributed by atoms with E-state index in [0.717, 1.165) is 0 Å². The predicted molar refractivity (Wildman–Crippen MR) is 211 cm³/mol. The van der Waals surface area contributed by atoms with Gasteiger partial charge in [0.25, 0.3) is 0 Å². The SMILES string of the molecule is CC[C@H](C)[C@H](NC(=O)[C@H](Cc1c[nH]c2ccccc12)NC(=O)[C@H](CC(=O)O)NC(=O)CNC(=O)[C@H](CO)NC(=O)[C@@H](N)CC(C)C)C(=O)N[C@@H](Cc1cnc[nH]1)C(=O)O. The van der Waals surface area contributed by atoms with Gasteiger partial charge in [-0.25, -0.2) is 9.78 Å². The maximum Gasteiger partial charge on any atom is 0.326 e. The lowest BCUT2D eigenvalue weighted by Crippen LogP contribution is -2.60. The predicted octanol–water partition coefficient (Wildman–Crippen LogP) is -1.81. The van der Waals surface area contributed by atoms with Gasteiger partial charge in [0.05, 0.1) is 31.9 Å². The number of H-pyrrole nitrogens is 2. The number of para-hydroxylation sites is 1. The second kappa shape index (κ2) is 22.6. The number of carbonyl (C=O) groups is 8. The van der Waals surface area contributed by atoms with Gasteiger partial charge in [-0.15, -0.1) is 0 Å². The minimum absolute atomic E-state index is 0.0699. The first kappa shape index (κ1) is 47.0. The van der Waals surface area contributed by atoms with Crippen LogP contribution in [-0.4, -0.2) is 127 Å². The van der Waals surface area contributed by atoms with Gasteiger partial charge in [-0.05, 0) is 29.9 Å². The van der Waals surface area contributed by atoms with Gasteiger partial charge in [-0.3, -0.25) is 33.6 Å². The van der Waals surface area contributed by atoms with Crippen LogP contribution in [0.2, 0.25) is 0 Å². The molecule has 0 unspecified atom stereocenters. The van der Waals surface area contributed by atoms with Gasteiger partial charge >= 0.3 is 11.9 Å². The summed E-state index contributed by atoms with van der Waals surface area (Å²) in [6.45, 7) is 5.48. The van der Waals surface area contributed by atoms with Crippen LogP contribution in [0, 0.1) is 11.8 Å². The Morgan fingerprint density at radius 3 is 2.05 bits per heavy atom. The summed E-state index contributed by atoms with van der Waals surface area (Å²) in [4.78, 5) is 113. The third kappa shape index (κ3) is 14.5. The first-order chi connectivity index (χ1) is 27.9. The molecule has 59 heavy (non-hydrogen) atoms. The van der Waals surface area contributed by atoms with Crippen molar-refractivity contribution in [2.24, 2.45) is 17.6 Å². The van der Waals surface area contributed by atoms with Crippen LogP contribution in [0.1, 0.15) is 58.2 Å². The van der Waals surface area contributed by atoms with Crippen LogP contribution in [0.5, 0.6) is 0 Å². The van der Waals surface area contributed by atoms with Crippen molar-refractivity contribution in [2.75, 3.05) is 13.2 Å². The summed E-state index contributed by atoms with van der Waals surface area (Å²) < 4.78 is 0. The number of carbonyl (C=O) groups excluding carboxylic acids is 6. The van der Waals surface area contributed by atoms with E-state index in [9.17, 15) is 53.7 Å². The van der Waals surface area contributed by atoms with Gasteiger partial charge in [0, 0.05) is 41.8 Å². The first-order valence-electron chi connectivity index (χ1n) is 19.1. The van der Waals surface area contributed by atoms with Crippen LogP contribution in [0.15, 0.2) is 43.0 Å². The van der Waals surface area contributed by atoms with E-state index in [1.165, 1.54) is 12.5 Å². The summed E-state index contributed by atoms with van der Waals surface area (Å²) in [7, 11) is 0. The number of imidazole rings is 1. The van der Waals surface area contributed by atoms with Crippen molar-refractivity contribution in [2.45, 2.75) is 96.1 Å². The Balaban J connectivity index is 1.81. The molecule has 0 fully saturated rings. The van der Waals surface area contributed by atoms with E-state index < -0.39 is 109 Å². The number of benzene rings is 1. The largest absolute Gasteiger partial charge is 0.481 e. The molecule has 13 N–H and O–H groups in total. The van der Waals surface area contributed by atoms with Crippen LogP contribution < -0.4 is 37.6 Å². The lowest BCUT2D eigenvalue weighted by Gasteiger charge is -2.28. The summed E-state index contributed by atoms with van der Waals surface area (Å²) in [6, 6.07) is -1.24. The highest BCUT2D eigenvalue weighted by atomic mass is 16.4. The highest BCUT2D eigenvalue weighted by Crippen LogP contribution is 2.20. The van der Waals surface area contributed by atoms with E-state index in [-0.39, 0.29) is 18.8 Å². The van der Waals surface area contributed by atoms with Gasteiger partial charge in [-0.1, -0.05) is 52.3 Å². The second-order valence-electron chi connectivity index (χ2n) is 14.6. The zero-order chi connectivity index (χ0) is 43.8. The molecule has 21 nitrogen and oxygen atoms in total. The van der Waals surface area contributed by atoms with Crippen LogP contribution in [0.25, 0.3) is 10.9 Å². The van der Waals surface area contributed by atoms with Crippen LogP contribution in [0.4, 0.5) is 0 Å². The number of aliphatic hydroxyl groups is 1. The van der Waals surface area contributed by atoms with Gasteiger partial charge in [0.2, 0.25) is 35.4 Å². The Labute approximate surface area is 339 Å². The molecule has 0 aliphatic heterocycles. The molecule has 21 heteroatoms. The number of fused-ring (bicyclic) bond motifs is 1. The molecule has 0 aliphatic carbocycles. The minimum atomic E-state index is -1.77. The molecular formula is C38H54N10O11. The Morgan fingerprint density at radius 2 is 1.44 bits per heavy atom. The third-order valence-electron chi connectivity index (χ3n) is 9.45. The number of aliphatic hydroxyl groups excluding tert-OH is 1. The number of aromatic amines is 2. The fourth-order valence-corrected chi connectivity index (χ4v) is 6.04. The molecule has 0 saturated carbocycles. The van der Waals surface area contributed by atoms with Crippen molar-refractivity contribution in [1.82, 2.24) is 46.9 Å². The van der Waals surface area contributed by atoms with Gasteiger partial charge < -0.3 is 62.9 Å². The van der Waals surface area contributed by atoms with Crippen LogP contribution >= 0.6 is 0 Å². The fourth-order valence-electron chi connectivity index (χ4n) is 6.04. The number of amides is 6. The lowest BCUT2D eigenvalue weighted by atomic mass is 9.96. The highest BCUT2D eigenvalue weighted by molar-refractivity contribution is 5.98. The number of rotatable bonds is 24. The zero-order valence-electron chi connectivity index (χ0n) is 33.2. The normalized spacial score (nSPS) is 14.8. The van der Waals surface area contributed by atoms with Crippen molar-refractivity contribution in [3.05, 3.63) is 54.2 Å². The Hall–Kier alpha value is -6.35. The molecule has 3 aromatic rings. The van der Waals surface area contributed by atoms with Crippen molar-refractivity contribution in [1.29, 1.82) is 0 Å². The number of nitrogens with one attached hydrogen (secondary N) is 8. The second-order valence-corrected chi connectivity index (χ2v) is 14.6. The average Bonchev–Trinajstić information content (AvgIpc) is 3.86. The number of aromatic nitrogens is 3. The van der Waals surface area contributed by atoms with Crippen molar-refractivity contribution >= 4 is 58.3 Å². The molecule has 2 aromatic heterocycles. The van der Waals surface area contributed by atoms with E-state index in [4.69, 9.17) is 5.73 Å². The smallest absolute Gasteiger partial charge is 0.326 e. The molecule has 0 saturated heterocycles. The number of hydrogen-bond acceptors (Lipinski definition) is 11. The molecule has 0 bridgehead atoms. The van der Waals surface area contributed by atoms with Gasteiger partial charge in [0.1, 0.15) is 30.2 Å². The van der Waals surface area contributed by atoms with Crippen molar-refractivity contribution in [3.8, 4) is 0 Å². The standard InChI is InChI=1S/C38H54N10O11/c1-5-20(4)32(37(57)46-28(38(58)59)12-22-15-40-18-43-22)48-36(56)26(11-21-14-41-25-9-7-6-8-23(21)25)45-35(55)27(13-31(51)52)44-30(50)16-42-34(54)29(17-49)47-33(53)24(39)10-19(2)3/h6-9,14-15,18-20,24,26-29,32,41,49H,5,10-13,16-17,39H2,1-4H3,(H,40,43)(H,42,54)(H,44,50)(H,45,55)(H,46,57)(H,47,53)(H,48,56)(H,51,52)(H,58,59)/t20-,24-,26-,27-,28-,29-,32-/m0/s1. The number of nitrogens with zero attached hydrogens (tertiary/aromatic N) is 1. The summed E-state index contributed by atoms with van der Waals surface area (Å²) in [5.41, 5.74) is 7.56. The Bertz CT molecular complexity index is 1930. The van der Waals surface area contributed by atoms with Crippen molar-refractivity contribution < 1.29 is 53.7 Å². The molecule has 7 atom stereocenters. The third-order valence-corrected chi connectivity index (χ3v) is 9.45. The summed E-state index contributed by atoms with van der Waals surface area (Å²) >= 11 is 0. The lowest BCUT2D eigenvalue weighted by molar-refractivity contribution is -0.142. The summed E-state index contributed by atoms with van der Waals surface area (Å²) in [5.74, 6) is -8.75. The average molecular weight is 827 g/mol.